The van der Waals surface area contributed by atoms with E-state index in [4.69, 9.17) is 4.74 Å². The Morgan fingerprint density at radius 2 is 2.33 bits per heavy atom. The zero-order valence-corrected chi connectivity index (χ0v) is 16.5. The smallest absolute Gasteiger partial charge is 0.261 e. The monoisotopic (exact) mass is 411 g/mol. The summed E-state index contributed by atoms with van der Waals surface area (Å²) in [6.45, 7) is 2.53. The van der Waals surface area contributed by atoms with Crippen LogP contribution in [0.4, 0.5) is 15.8 Å². The Morgan fingerprint density at radius 1 is 1.47 bits per heavy atom. The normalized spacial score (nSPS) is 22.9. The van der Waals surface area contributed by atoms with Gasteiger partial charge in [-0.05, 0) is 25.5 Å². The van der Waals surface area contributed by atoms with E-state index in [1.54, 1.807) is 18.5 Å². The van der Waals surface area contributed by atoms with E-state index in [1.165, 1.54) is 10.7 Å². The van der Waals surface area contributed by atoms with Gasteiger partial charge in [0.25, 0.3) is 5.91 Å². The number of anilines is 2. The molecule has 1 saturated heterocycles. The molecule has 4 heterocycles. The van der Waals surface area contributed by atoms with Gasteiger partial charge in [0, 0.05) is 43.5 Å². The molecule has 2 N–H and O–H groups in total. The highest BCUT2D eigenvalue weighted by atomic mass is 19.1. The van der Waals surface area contributed by atoms with E-state index in [1.807, 2.05) is 24.0 Å². The highest BCUT2D eigenvalue weighted by Crippen LogP contribution is 2.42. The molecular weight excluding hydrogens is 389 g/mol. The SMILES string of the molecule is C[C@]1(CO)Cc2cc(NC(=O)c3cnn4cccnc34)c(N3CC[C@H](F)C3)cc2O1. The van der Waals surface area contributed by atoms with E-state index in [2.05, 4.69) is 15.4 Å². The number of aliphatic hydroxyl groups is 1. The Hall–Kier alpha value is -3.20. The van der Waals surface area contributed by atoms with Crippen LogP contribution >= 0.6 is 0 Å². The fourth-order valence-corrected chi connectivity index (χ4v) is 4.11. The molecule has 0 saturated carbocycles. The number of fused-ring (bicyclic) bond motifs is 2. The van der Waals surface area contributed by atoms with Crippen LogP contribution in [0.3, 0.4) is 0 Å². The first-order valence-electron chi connectivity index (χ1n) is 9.91. The third kappa shape index (κ3) is 3.15. The predicted octanol–water partition coefficient (Wildman–Crippen LogP) is 2.22. The summed E-state index contributed by atoms with van der Waals surface area (Å²) in [5, 5.41) is 16.8. The second-order valence-electron chi connectivity index (χ2n) is 8.10. The van der Waals surface area contributed by atoms with E-state index in [0.717, 1.165) is 5.56 Å². The molecule has 8 nitrogen and oxygen atoms in total. The second-order valence-corrected chi connectivity index (χ2v) is 8.10. The van der Waals surface area contributed by atoms with Gasteiger partial charge in [0.15, 0.2) is 5.65 Å². The van der Waals surface area contributed by atoms with Crippen molar-refractivity contribution in [2.75, 3.05) is 29.9 Å². The Kier molecular flexibility index (Phi) is 4.35. The fourth-order valence-electron chi connectivity index (χ4n) is 4.11. The Balaban J connectivity index is 1.52. The van der Waals surface area contributed by atoms with Crippen molar-refractivity contribution in [2.45, 2.75) is 31.5 Å². The van der Waals surface area contributed by atoms with Crippen LogP contribution in [-0.4, -0.2) is 57.1 Å². The summed E-state index contributed by atoms with van der Waals surface area (Å²) in [6, 6.07) is 5.42. The number of hydrogen-bond acceptors (Lipinski definition) is 6. The molecule has 0 spiro atoms. The van der Waals surface area contributed by atoms with Crippen molar-refractivity contribution in [3.8, 4) is 5.75 Å². The molecule has 1 aromatic carbocycles. The quantitative estimate of drug-likeness (QED) is 0.684. The third-order valence-corrected chi connectivity index (χ3v) is 5.68. The molecule has 0 aliphatic carbocycles. The van der Waals surface area contributed by atoms with Gasteiger partial charge in [0.1, 0.15) is 23.1 Å². The Bertz CT molecular complexity index is 1130. The maximum Gasteiger partial charge on any atom is 0.261 e. The van der Waals surface area contributed by atoms with Crippen LogP contribution < -0.4 is 15.0 Å². The van der Waals surface area contributed by atoms with E-state index >= 15 is 0 Å². The van der Waals surface area contributed by atoms with Gasteiger partial charge in [-0.2, -0.15) is 5.10 Å². The number of amides is 1. The molecule has 0 unspecified atom stereocenters. The molecule has 2 atom stereocenters. The lowest BCUT2D eigenvalue weighted by atomic mass is 9.99. The Morgan fingerprint density at radius 3 is 3.10 bits per heavy atom. The van der Waals surface area contributed by atoms with Gasteiger partial charge in [0.2, 0.25) is 0 Å². The largest absolute Gasteiger partial charge is 0.484 e. The minimum atomic E-state index is -0.908. The zero-order valence-electron chi connectivity index (χ0n) is 16.5. The van der Waals surface area contributed by atoms with Crippen LogP contribution in [0, 0.1) is 0 Å². The summed E-state index contributed by atoms with van der Waals surface area (Å²) >= 11 is 0. The topological polar surface area (TPSA) is 92.0 Å². The molecule has 156 valence electrons. The summed E-state index contributed by atoms with van der Waals surface area (Å²) in [6.07, 6.45) is 4.86. The van der Waals surface area contributed by atoms with Gasteiger partial charge >= 0.3 is 0 Å². The van der Waals surface area contributed by atoms with E-state index in [0.29, 0.717) is 47.7 Å². The number of halogens is 1. The number of nitrogens with zero attached hydrogens (tertiary/aromatic N) is 4. The minimum Gasteiger partial charge on any atom is -0.484 e. The van der Waals surface area contributed by atoms with Crippen LogP contribution in [0.15, 0.2) is 36.8 Å². The molecular formula is C21H22FN5O3. The third-order valence-electron chi connectivity index (χ3n) is 5.68. The van der Waals surface area contributed by atoms with Crippen molar-refractivity contribution in [2.24, 2.45) is 0 Å². The van der Waals surface area contributed by atoms with E-state index in [9.17, 15) is 14.3 Å². The van der Waals surface area contributed by atoms with Crippen molar-refractivity contribution in [1.29, 1.82) is 0 Å². The summed E-state index contributed by atoms with van der Waals surface area (Å²) in [5.41, 5.74) is 2.27. The van der Waals surface area contributed by atoms with Gasteiger partial charge in [0.05, 0.1) is 24.2 Å². The number of nitrogens with one attached hydrogen (secondary N) is 1. The maximum absolute atomic E-state index is 13.9. The number of carbonyl (C=O) groups is 1. The first-order valence-corrected chi connectivity index (χ1v) is 9.91. The molecule has 0 bridgehead atoms. The molecule has 3 aromatic rings. The Labute approximate surface area is 172 Å². The maximum atomic E-state index is 13.9. The summed E-state index contributed by atoms with van der Waals surface area (Å²) in [4.78, 5) is 19.2. The standard InChI is InChI=1S/C21H22FN5O3/c1-21(12-28)9-13-7-16(17(8-18(13)30-21)26-6-3-14(22)11-26)25-20(29)15-10-24-27-5-2-4-23-19(15)27/h2,4-5,7-8,10,14,28H,3,6,9,11-12H2,1H3,(H,25,29)/t14-,21+/m0/s1. The lowest BCUT2D eigenvalue weighted by Crippen LogP contribution is -2.34. The molecule has 1 amide bonds. The van der Waals surface area contributed by atoms with Gasteiger partial charge in [-0.15, -0.1) is 0 Å². The number of hydrogen-bond donors (Lipinski definition) is 2. The van der Waals surface area contributed by atoms with Crippen LogP contribution in [0.1, 0.15) is 29.3 Å². The van der Waals surface area contributed by atoms with Crippen molar-refractivity contribution in [3.05, 3.63) is 47.9 Å². The molecule has 2 aromatic heterocycles. The highest BCUT2D eigenvalue weighted by Gasteiger charge is 2.36. The first-order chi connectivity index (χ1) is 14.5. The van der Waals surface area contributed by atoms with Crippen molar-refractivity contribution in [1.82, 2.24) is 14.6 Å². The van der Waals surface area contributed by atoms with Crippen molar-refractivity contribution < 1.29 is 19.0 Å². The molecule has 30 heavy (non-hydrogen) atoms. The van der Waals surface area contributed by atoms with Gasteiger partial charge < -0.3 is 20.1 Å². The van der Waals surface area contributed by atoms with Crippen LogP contribution in [0.2, 0.25) is 0 Å². The van der Waals surface area contributed by atoms with Crippen LogP contribution in [-0.2, 0) is 6.42 Å². The average molecular weight is 411 g/mol. The molecule has 9 heteroatoms. The summed E-state index contributed by atoms with van der Waals surface area (Å²) < 4.78 is 21.4. The van der Waals surface area contributed by atoms with Gasteiger partial charge in [-0.25, -0.2) is 13.9 Å². The number of rotatable bonds is 4. The highest BCUT2D eigenvalue weighted by molar-refractivity contribution is 6.09. The predicted molar refractivity (Wildman–Crippen MR) is 109 cm³/mol. The number of aromatic nitrogens is 3. The number of aliphatic hydroxyl groups excluding tert-OH is 1. The lowest BCUT2D eigenvalue weighted by Gasteiger charge is -2.23. The van der Waals surface area contributed by atoms with E-state index in [-0.39, 0.29) is 19.1 Å². The minimum absolute atomic E-state index is 0.122. The average Bonchev–Trinajstić information content (AvgIpc) is 3.43. The summed E-state index contributed by atoms with van der Waals surface area (Å²) in [7, 11) is 0. The van der Waals surface area contributed by atoms with Crippen LogP contribution in [0.5, 0.6) is 5.75 Å². The van der Waals surface area contributed by atoms with Crippen molar-refractivity contribution >= 4 is 22.9 Å². The molecule has 2 aliphatic heterocycles. The number of carbonyl (C=O) groups excluding carboxylic acids is 1. The molecule has 1 fully saturated rings. The number of alkyl halides is 1. The van der Waals surface area contributed by atoms with Gasteiger partial charge in [-0.3, -0.25) is 4.79 Å². The molecule has 2 aliphatic rings. The summed E-state index contributed by atoms with van der Waals surface area (Å²) in [5.74, 6) is 0.309. The molecule has 0 radical (unpaired) electrons. The van der Waals surface area contributed by atoms with Gasteiger partial charge in [-0.1, -0.05) is 0 Å². The number of ether oxygens (including phenoxy) is 1. The van der Waals surface area contributed by atoms with Crippen molar-refractivity contribution in [3.63, 3.8) is 0 Å². The molecule has 5 rings (SSSR count). The number of benzene rings is 1. The van der Waals surface area contributed by atoms with Crippen LogP contribution in [0.25, 0.3) is 5.65 Å². The second kappa shape index (κ2) is 6.94. The fraction of sp³-hybridized carbons (Fsp3) is 0.381. The van der Waals surface area contributed by atoms with E-state index < -0.39 is 11.8 Å². The lowest BCUT2D eigenvalue weighted by molar-refractivity contribution is 0.0447. The zero-order chi connectivity index (χ0) is 20.9. The first kappa shape index (κ1) is 18.8.